The van der Waals surface area contributed by atoms with Crippen LogP contribution in [0.4, 0.5) is 0 Å². The first kappa shape index (κ1) is 11.4. The maximum Gasteiger partial charge on any atom is 0.112 e. The van der Waals surface area contributed by atoms with E-state index in [0.29, 0.717) is 0 Å². The Morgan fingerprint density at radius 2 is 2.08 bits per heavy atom. The van der Waals surface area contributed by atoms with Gasteiger partial charge < -0.3 is 4.70 Å². The van der Waals surface area contributed by atoms with Crippen molar-refractivity contribution in [3.8, 4) is 0 Å². The lowest BCUT2D eigenvalue weighted by atomic mass is 10.2. The molecule has 0 aromatic heterocycles. The van der Waals surface area contributed by atoms with E-state index in [4.69, 9.17) is 0 Å². The molecule has 0 bridgehead atoms. The lowest BCUT2D eigenvalue weighted by Crippen LogP contribution is -3.04. The van der Waals surface area contributed by atoms with Gasteiger partial charge in [0.2, 0.25) is 0 Å². The average Bonchev–Trinajstić information content (AvgIpc) is 2.47. The molecule has 1 atom stereocenters. The van der Waals surface area contributed by atoms with Crippen LogP contribution >= 0.6 is 0 Å². The average molecular weight is 171 g/mol. The maximum absolute atomic E-state index is 2.26. The number of hydrogen-bond acceptors (Lipinski definition) is 0. The summed E-state index contributed by atoms with van der Waals surface area (Å²) in [6.07, 6.45) is 10.6. The van der Waals surface area contributed by atoms with Crippen molar-refractivity contribution < 1.29 is 9.60 Å². The van der Waals surface area contributed by atoms with E-state index in [0.717, 1.165) is 0 Å². The van der Waals surface area contributed by atoms with Crippen LogP contribution in [0.1, 0.15) is 33.1 Å². The van der Waals surface area contributed by atoms with Crippen molar-refractivity contribution in [1.29, 1.82) is 0 Å². The highest BCUT2D eigenvalue weighted by molar-refractivity contribution is 5.10. The summed E-state index contributed by atoms with van der Waals surface area (Å²) >= 11 is 0. The fraction of sp³-hybridized carbons (Fsp3) is 0.600. The van der Waals surface area contributed by atoms with Crippen LogP contribution in [-0.2, 0) is 0 Å². The van der Waals surface area contributed by atoms with Gasteiger partial charge in [-0.2, -0.15) is 0 Å². The molecule has 70 valence electrons. The second-order valence-electron chi connectivity index (χ2n) is 3.03. The molecule has 1 heterocycles. The quantitative estimate of drug-likeness (QED) is 0.525. The first-order valence-corrected chi connectivity index (χ1v) is 4.62. The van der Waals surface area contributed by atoms with Crippen molar-refractivity contribution in [3.05, 3.63) is 24.0 Å². The van der Waals surface area contributed by atoms with Crippen LogP contribution in [0.2, 0.25) is 0 Å². The van der Waals surface area contributed by atoms with Crippen LogP contribution in [0.3, 0.4) is 0 Å². The molecular formula is C10H18FN. The molecule has 0 fully saturated rings. The summed E-state index contributed by atoms with van der Waals surface area (Å²) in [5.41, 5.74) is 1.56. The summed E-state index contributed by atoms with van der Waals surface area (Å²) in [6.45, 7) is 5.66. The second-order valence-corrected chi connectivity index (χ2v) is 3.03. The van der Waals surface area contributed by atoms with Crippen molar-refractivity contribution in [2.75, 3.05) is 6.54 Å². The molecule has 1 rings (SSSR count). The third kappa shape index (κ3) is 2.78. The third-order valence-electron chi connectivity index (χ3n) is 2.19. The lowest BCUT2D eigenvalue weighted by molar-refractivity contribution is -0.801. The van der Waals surface area contributed by atoms with E-state index in [1.807, 2.05) is 0 Å². The minimum Gasteiger partial charge on any atom is -1.00 e. The summed E-state index contributed by atoms with van der Waals surface area (Å²) in [7, 11) is 0. The van der Waals surface area contributed by atoms with Gasteiger partial charge in [-0.15, -0.1) is 0 Å². The Balaban J connectivity index is 0.00000121. The molecule has 0 aromatic rings. The van der Waals surface area contributed by atoms with Crippen LogP contribution < -0.4 is 9.60 Å². The molecule has 1 aliphatic rings. The summed E-state index contributed by atoms with van der Waals surface area (Å²) in [5, 5.41) is 0. The van der Waals surface area contributed by atoms with Gasteiger partial charge in [0, 0.05) is 12.5 Å². The van der Waals surface area contributed by atoms with Gasteiger partial charge in [0.05, 0.1) is 12.7 Å². The second kappa shape index (κ2) is 5.95. The van der Waals surface area contributed by atoms with Crippen molar-refractivity contribution in [1.82, 2.24) is 0 Å². The van der Waals surface area contributed by atoms with E-state index in [9.17, 15) is 0 Å². The third-order valence-corrected chi connectivity index (χ3v) is 2.19. The van der Waals surface area contributed by atoms with Gasteiger partial charge in [-0.1, -0.05) is 13.3 Å². The molecule has 0 saturated carbocycles. The Kier molecular flexibility index (Phi) is 5.64. The van der Waals surface area contributed by atoms with E-state index < -0.39 is 0 Å². The molecule has 1 unspecified atom stereocenters. The van der Waals surface area contributed by atoms with Gasteiger partial charge in [-0.05, 0) is 19.4 Å². The molecule has 1 N–H and O–H groups in total. The number of quaternary nitrogens is 1. The topological polar surface area (TPSA) is 4.44 Å². The molecule has 1 aliphatic heterocycles. The Labute approximate surface area is 74.1 Å². The number of hydrogen-bond donors (Lipinski definition) is 1. The minimum absolute atomic E-state index is 0. The summed E-state index contributed by atoms with van der Waals surface area (Å²) in [4.78, 5) is 1.54. The number of halogens is 1. The van der Waals surface area contributed by atoms with Crippen molar-refractivity contribution >= 4 is 0 Å². The first-order chi connectivity index (χ1) is 5.38. The minimum atomic E-state index is 0. The standard InChI is InChI=1S/C10H17N.FH/c1-3-5-7-10-8-6-9-11(10)4-2;/h6,8-9H,3-5,7H2,1-2H3;1H. The maximum atomic E-state index is 2.26. The molecule has 0 aliphatic carbocycles. The number of allylic oxidation sites excluding steroid dienone is 3. The Morgan fingerprint density at radius 1 is 1.33 bits per heavy atom. The van der Waals surface area contributed by atoms with Gasteiger partial charge in [0.1, 0.15) is 5.70 Å². The molecule has 0 saturated heterocycles. The zero-order valence-corrected chi connectivity index (χ0v) is 7.94. The van der Waals surface area contributed by atoms with E-state index in [1.165, 1.54) is 25.8 Å². The smallest absolute Gasteiger partial charge is 0.112 e. The summed E-state index contributed by atoms with van der Waals surface area (Å²) in [5.74, 6) is 0. The Morgan fingerprint density at radius 3 is 2.67 bits per heavy atom. The van der Waals surface area contributed by atoms with E-state index >= 15 is 0 Å². The largest absolute Gasteiger partial charge is 1.00 e. The lowest BCUT2D eigenvalue weighted by Gasteiger charge is -2.10. The SMILES string of the molecule is CCCCC1=CC=C[NH+]1CC.[F-]. The van der Waals surface area contributed by atoms with Crippen LogP contribution in [0, 0.1) is 0 Å². The predicted octanol–water partition coefficient (Wildman–Crippen LogP) is -1.50. The normalized spacial score (nSPS) is 20.5. The summed E-state index contributed by atoms with van der Waals surface area (Å²) < 4.78 is 0. The van der Waals surface area contributed by atoms with Gasteiger partial charge >= 0.3 is 0 Å². The van der Waals surface area contributed by atoms with E-state index in [2.05, 4.69) is 32.2 Å². The van der Waals surface area contributed by atoms with E-state index in [1.54, 1.807) is 10.6 Å². The molecule has 1 nitrogen and oxygen atoms in total. The number of unbranched alkanes of at least 4 members (excludes halogenated alkanes) is 1. The Hall–Kier alpha value is -0.630. The summed E-state index contributed by atoms with van der Waals surface area (Å²) in [6, 6.07) is 0. The molecule has 2 heteroatoms. The van der Waals surface area contributed by atoms with Gasteiger partial charge in [-0.25, -0.2) is 0 Å². The fourth-order valence-electron chi connectivity index (χ4n) is 1.45. The highest BCUT2D eigenvalue weighted by atomic mass is 19.0. The van der Waals surface area contributed by atoms with Crippen LogP contribution in [0.15, 0.2) is 24.0 Å². The van der Waals surface area contributed by atoms with Crippen molar-refractivity contribution in [2.45, 2.75) is 33.1 Å². The van der Waals surface area contributed by atoms with E-state index in [-0.39, 0.29) is 4.70 Å². The number of nitrogens with one attached hydrogen (secondary N) is 1. The molecule has 12 heavy (non-hydrogen) atoms. The molecular weight excluding hydrogens is 153 g/mol. The van der Waals surface area contributed by atoms with Crippen molar-refractivity contribution in [3.63, 3.8) is 0 Å². The van der Waals surface area contributed by atoms with Gasteiger partial charge in [-0.3, -0.25) is 4.90 Å². The highest BCUT2D eigenvalue weighted by Gasteiger charge is 2.12. The van der Waals surface area contributed by atoms with Crippen LogP contribution in [0.5, 0.6) is 0 Å². The molecule has 0 spiro atoms. The van der Waals surface area contributed by atoms with Gasteiger partial charge in [0.25, 0.3) is 0 Å². The number of rotatable bonds is 4. The van der Waals surface area contributed by atoms with Crippen LogP contribution in [-0.4, -0.2) is 6.54 Å². The van der Waals surface area contributed by atoms with Gasteiger partial charge in [0.15, 0.2) is 0 Å². The first-order valence-electron chi connectivity index (χ1n) is 4.62. The molecule has 0 radical (unpaired) electrons. The fourth-order valence-corrected chi connectivity index (χ4v) is 1.45. The molecule has 0 amide bonds. The monoisotopic (exact) mass is 171 g/mol. The van der Waals surface area contributed by atoms with Crippen LogP contribution in [0.25, 0.3) is 0 Å². The highest BCUT2D eigenvalue weighted by Crippen LogP contribution is 2.03. The Bertz CT molecular complexity index is 173. The zero-order valence-electron chi connectivity index (χ0n) is 7.94. The predicted molar refractivity (Wildman–Crippen MR) is 48.3 cm³/mol. The van der Waals surface area contributed by atoms with Crippen molar-refractivity contribution in [2.24, 2.45) is 0 Å². The zero-order chi connectivity index (χ0) is 8.10. The molecule has 0 aromatic carbocycles.